The van der Waals surface area contributed by atoms with E-state index >= 15 is 0 Å². The summed E-state index contributed by atoms with van der Waals surface area (Å²) in [5, 5.41) is 0. The van der Waals surface area contributed by atoms with Gasteiger partial charge in [0.2, 0.25) is 0 Å². The molecule has 2 N–H and O–H groups in total. The molecule has 7 nitrogen and oxygen atoms in total. The third kappa shape index (κ3) is 5.89. The molecule has 3 amide bonds. The molecule has 1 aliphatic rings. The van der Waals surface area contributed by atoms with E-state index in [1.54, 1.807) is 18.2 Å². The van der Waals surface area contributed by atoms with E-state index in [0.717, 1.165) is 40.1 Å². The fraction of sp³-hybridized carbons (Fsp3) is 0.143. The van der Waals surface area contributed by atoms with Gasteiger partial charge in [0.25, 0.3) is 17.7 Å². The van der Waals surface area contributed by atoms with Crippen LogP contribution >= 0.6 is 24.0 Å². The number of nitrogens with one attached hydrogen (secondary N) is 2. The first-order valence-electron chi connectivity index (χ1n) is 9.20. The van der Waals surface area contributed by atoms with Crippen molar-refractivity contribution in [2.75, 3.05) is 13.2 Å². The van der Waals surface area contributed by atoms with Crippen LogP contribution in [0.5, 0.6) is 5.75 Å². The van der Waals surface area contributed by atoms with Gasteiger partial charge in [0.05, 0.1) is 11.5 Å². The molecule has 1 fully saturated rings. The second-order valence-corrected chi connectivity index (χ2v) is 7.95. The number of hydrogen-bond acceptors (Lipinski definition) is 6. The summed E-state index contributed by atoms with van der Waals surface area (Å²) in [5.74, 6) is -1.40. The van der Waals surface area contributed by atoms with Gasteiger partial charge in [-0.15, -0.1) is 0 Å². The highest BCUT2D eigenvalue weighted by Gasteiger charge is 2.33. The van der Waals surface area contributed by atoms with E-state index < -0.39 is 23.5 Å². The summed E-state index contributed by atoms with van der Waals surface area (Å²) < 4.78 is 18.5. The number of thioether (sulfide) groups is 1. The lowest BCUT2D eigenvalue weighted by molar-refractivity contribution is -0.129. The molecule has 0 unspecified atom stereocenters. The van der Waals surface area contributed by atoms with E-state index in [-0.39, 0.29) is 16.4 Å². The fourth-order valence-corrected chi connectivity index (χ4v) is 3.85. The molecule has 0 saturated carbocycles. The van der Waals surface area contributed by atoms with Gasteiger partial charge in [-0.25, -0.2) is 4.39 Å². The van der Waals surface area contributed by atoms with Crippen LogP contribution in [0.4, 0.5) is 4.39 Å². The molecule has 2 aromatic carbocycles. The number of hydrazine groups is 1. The van der Waals surface area contributed by atoms with Crippen molar-refractivity contribution in [3.8, 4) is 5.75 Å². The number of thiocarbonyl (C=S) groups is 1. The molecule has 3 rings (SSSR count). The first kappa shape index (κ1) is 22.4. The first-order chi connectivity index (χ1) is 14.9. The summed E-state index contributed by atoms with van der Waals surface area (Å²) in [5.41, 5.74) is 5.39. The summed E-state index contributed by atoms with van der Waals surface area (Å²) in [4.78, 5) is 38.3. The standard InChI is InChI=1S/C21H18FN3O4S2/c1-2-29-16-9-3-13(4-10-16)11-17-20(28)25(21(30)31-17)12-18(26)23-24-19(27)14-5-7-15(22)8-6-14/h3-11H,2,12H2,1H3,(H,23,26)(H,24,27). The summed E-state index contributed by atoms with van der Waals surface area (Å²) in [6.45, 7) is 2.10. The molecule has 0 bridgehead atoms. The number of halogens is 1. The molecule has 1 heterocycles. The third-order valence-electron chi connectivity index (χ3n) is 4.09. The lowest BCUT2D eigenvalue weighted by Crippen LogP contribution is -2.47. The van der Waals surface area contributed by atoms with Crippen LogP contribution in [-0.4, -0.2) is 40.1 Å². The monoisotopic (exact) mass is 459 g/mol. The number of carbonyl (C=O) groups is 3. The van der Waals surface area contributed by atoms with Gasteiger partial charge in [-0.05, 0) is 55.0 Å². The van der Waals surface area contributed by atoms with Crippen LogP contribution in [0.15, 0.2) is 53.4 Å². The molecule has 31 heavy (non-hydrogen) atoms. The zero-order chi connectivity index (χ0) is 22.4. The Kier molecular flexibility index (Phi) is 7.37. The molecule has 0 radical (unpaired) electrons. The Balaban J connectivity index is 1.57. The molecular formula is C21H18FN3O4S2. The lowest BCUT2D eigenvalue weighted by atomic mass is 10.2. The summed E-state index contributed by atoms with van der Waals surface area (Å²) in [6.07, 6.45) is 1.68. The summed E-state index contributed by atoms with van der Waals surface area (Å²) in [6, 6.07) is 12.1. The minimum Gasteiger partial charge on any atom is -0.494 e. The molecule has 160 valence electrons. The maximum absolute atomic E-state index is 12.9. The van der Waals surface area contributed by atoms with E-state index in [1.165, 1.54) is 12.1 Å². The predicted octanol–water partition coefficient (Wildman–Crippen LogP) is 2.89. The van der Waals surface area contributed by atoms with E-state index in [4.69, 9.17) is 17.0 Å². The van der Waals surface area contributed by atoms with Crippen molar-refractivity contribution in [1.82, 2.24) is 15.8 Å². The van der Waals surface area contributed by atoms with Crippen molar-refractivity contribution >= 4 is 52.1 Å². The highest BCUT2D eigenvalue weighted by Crippen LogP contribution is 2.32. The molecule has 0 aromatic heterocycles. The number of ether oxygens (including phenoxy) is 1. The van der Waals surface area contributed by atoms with Crippen LogP contribution in [0.1, 0.15) is 22.8 Å². The quantitative estimate of drug-likeness (QED) is 0.392. The van der Waals surface area contributed by atoms with Crippen LogP contribution < -0.4 is 15.6 Å². The number of carbonyl (C=O) groups excluding carboxylic acids is 3. The normalized spacial score (nSPS) is 14.6. The summed E-state index contributed by atoms with van der Waals surface area (Å²) in [7, 11) is 0. The van der Waals surface area contributed by atoms with Gasteiger partial charge in [-0.1, -0.05) is 36.1 Å². The van der Waals surface area contributed by atoms with Gasteiger partial charge < -0.3 is 4.74 Å². The highest BCUT2D eigenvalue weighted by molar-refractivity contribution is 8.26. The van der Waals surface area contributed by atoms with Crippen molar-refractivity contribution in [3.63, 3.8) is 0 Å². The number of nitrogens with zero attached hydrogens (tertiary/aromatic N) is 1. The maximum atomic E-state index is 12.9. The second-order valence-electron chi connectivity index (χ2n) is 6.28. The molecule has 1 aliphatic heterocycles. The molecule has 0 atom stereocenters. The number of amides is 3. The smallest absolute Gasteiger partial charge is 0.269 e. The Labute approximate surface area is 187 Å². The minimum atomic E-state index is -0.630. The van der Waals surface area contributed by atoms with Gasteiger partial charge in [-0.3, -0.25) is 30.1 Å². The van der Waals surface area contributed by atoms with Gasteiger partial charge >= 0.3 is 0 Å². The van der Waals surface area contributed by atoms with Crippen LogP contribution in [-0.2, 0) is 9.59 Å². The van der Waals surface area contributed by atoms with Gasteiger partial charge in [0.1, 0.15) is 22.4 Å². The Morgan fingerprint density at radius 3 is 2.45 bits per heavy atom. The first-order valence-corrected chi connectivity index (χ1v) is 10.4. The Morgan fingerprint density at radius 2 is 1.81 bits per heavy atom. The van der Waals surface area contributed by atoms with Crippen LogP contribution in [0.25, 0.3) is 6.08 Å². The van der Waals surface area contributed by atoms with Crippen LogP contribution in [0, 0.1) is 5.82 Å². The zero-order valence-electron chi connectivity index (χ0n) is 16.4. The highest BCUT2D eigenvalue weighted by atomic mass is 32.2. The fourth-order valence-electron chi connectivity index (χ4n) is 2.60. The Bertz CT molecular complexity index is 1040. The van der Waals surface area contributed by atoms with Gasteiger partial charge in [-0.2, -0.15) is 0 Å². The second kappa shape index (κ2) is 10.2. The van der Waals surface area contributed by atoms with E-state index in [9.17, 15) is 18.8 Å². The maximum Gasteiger partial charge on any atom is 0.269 e. The van der Waals surface area contributed by atoms with Gasteiger partial charge in [0, 0.05) is 5.56 Å². The van der Waals surface area contributed by atoms with Gasteiger partial charge in [0.15, 0.2) is 0 Å². The van der Waals surface area contributed by atoms with E-state index in [0.29, 0.717) is 11.5 Å². The SMILES string of the molecule is CCOc1ccc(C=C2SC(=S)N(CC(=O)NNC(=O)c3ccc(F)cc3)C2=O)cc1. The topological polar surface area (TPSA) is 87.7 Å². The Morgan fingerprint density at radius 1 is 1.13 bits per heavy atom. The van der Waals surface area contributed by atoms with E-state index in [2.05, 4.69) is 10.9 Å². The van der Waals surface area contributed by atoms with Crippen molar-refractivity contribution in [3.05, 3.63) is 70.4 Å². The van der Waals surface area contributed by atoms with Crippen molar-refractivity contribution in [2.24, 2.45) is 0 Å². The van der Waals surface area contributed by atoms with E-state index in [1.807, 2.05) is 19.1 Å². The van der Waals surface area contributed by atoms with Crippen molar-refractivity contribution < 1.29 is 23.5 Å². The molecular weight excluding hydrogens is 441 g/mol. The Hall–Kier alpha value is -3.24. The number of benzene rings is 2. The molecule has 10 heteroatoms. The molecule has 0 aliphatic carbocycles. The summed E-state index contributed by atoms with van der Waals surface area (Å²) >= 11 is 6.30. The van der Waals surface area contributed by atoms with Crippen LogP contribution in [0.2, 0.25) is 0 Å². The molecule has 2 aromatic rings. The largest absolute Gasteiger partial charge is 0.494 e. The number of hydrogen-bond donors (Lipinski definition) is 2. The molecule has 1 saturated heterocycles. The third-order valence-corrected chi connectivity index (χ3v) is 5.46. The lowest BCUT2D eigenvalue weighted by Gasteiger charge is -2.14. The number of rotatable bonds is 6. The predicted molar refractivity (Wildman–Crippen MR) is 119 cm³/mol. The average molecular weight is 460 g/mol. The average Bonchev–Trinajstić information content (AvgIpc) is 3.01. The van der Waals surface area contributed by atoms with Crippen LogP contribution in [0.3, 0.4) is 0 Å². The molecule has 0 spiro atoms. The zero-order valence-corrected chi connectivity index (χ0v) is 18.0. The van der Waals surface area contributed by atoms with Crippen molar-refractivity contribution in [1.29, 1.82) is 0 Å². The minimum absolute atomic E-state index is 0.172. The van der Waals surface area contributed by atoms with Crippen molar-refractivity contribution in [2.45, 2.75) is 6.92 Å².